The Morgan fingerprint density at radius 3 is 2.18 bits per heavy atom. The molecule has 366 valence electrons. The van der Waals surface area contributed by atoms with E-state index in [1.807, 2.05) is 84.9 Å². The molecule has 0 amide bonds. The third-order valence-corrected chi connectivity index (χ3v) is 16.4. The van der Waals surface area contributed by atoms with Crippen LogP contribution in [0.5, 0.6) is 5.75 Å². The molecule has 2 N–H and O–H groups in total. The molecule has 2 spiro atoms. The predicted molar refractivity (Wildman–Crippen MR) is 241 cm³/mol. The minimum Gasteiger partial charge on any atom is -0.550 e. The number of esters is 1. The van der Waals surface area contributed by atoms with Gasteiger partial charge in [-0.1, -0.05) is 67.5 Å². The van der Waals surface area contributed by atoms with E-state index in [2.05, 4.69) is 13.8 Å². The predicted octanol–water partition coefficient (Wildman–Crippen LogP) is 4.05. The molecular formula is C52H79NaO13. The zero-order valence-electron chi connectivity index (χ0n) is 41.9. The fraction of sp³-hybridized carbons (Fsp3) is 0.788. The maximum Gasteiger partial charge on any atom is 1.00 e. The summed E-state index contributed by atoms with van der Waals surface area (Å²) in [4.78, 5) is 40.3. The number of ketones is 1. The molecule has 13 nitrogen and oxygen atoms in total. The molecule has 0 aromatic heterocycles. The molecule has 14 heteroatoms. The summed E-state index contributed by atoms with van der Waals surface area (Å²) in [7, 11) is 1.61. The number of aliphatic hydroxyl groups is 2. The summed E-state index contributed by atoms with van der Waals surface area (Å²) < 4.78 is 46.1. The van der Waals surface area contributed by atoms with E-state index >= 15 is 0 Å². The van der Waals surface area contributed by atoms with Gasteiger partial charge in [0.2, 0.25) is 5.79 Å². The standard InChI is InChI=1S/C52H80O13.Na/c1-12-38(48(56)57)40-21-15-30(4)46(61-40)34(8)44(54)33(7)45(55)39(13-2)47-31(5)29-32(6)51(63-47)26-24-42(62-43(53)22-18-36-16-19-37(59-11)20-17-36)52(65-51)28-27-49(10,64-52)41-23-25-50(58,14-3)35(9)60-41;/h16-17,19-20,24,26,30-35,38-42,44,46-47,54,58H,12-15,18,21-23,25,27-29H2,1-11H3,(H,56,57);/q;+1/p-1/t30-,31-,32+,33-,34-,35-,38+,39-,40+,41+,42+,44+,46+,47-,49-,50+,51-,52-;/m0./s1. The van der Waals surface area contributed by atoms with Crippen molar-refractivity contribution in [3.8, 4) is 5.75 Å². The van der Waals surface area contributed by atoms with Crippen molar-refractivity contribution < 1.29 is 92.4 Å². The summed E-state index contributed by atoms with van der Waals surface area (Å²) in [5, 5.41) is 35.1. The first-order valence-electron chi connectivity index (χ1n) is 24.7. The molecule has 4 saturated heterocycles. The van der Waals surface area contributed by atoms with Crippen molar-refractivity contribution in [1.82, 2.24) is 0 Å². The quantitative estimate of drug-likeness (QED) is 0.130. The molecule has 1 aromatic rings. The molecule has 5 heterocycles. The van der Waals surface area contributed by atoms with Crippen molar-refractivity contribution in [2.75, 3.05) is 7.11 Å². The van der Waals surface area contributed by atoms with E-state index in [9.17, 15) is 29.7 Å². The Kier molecular flexibility index (Phi) is 18.7. The van der Waals surface area contributed by atoms with E-state index in [0.29, 0.717) is 64.2 Å². The van der Waals surface area contributed by atoms with Crippen LogP contribution in [0.25, 0.3) is 0 Å². The second-order valence-electron chi connectivity index (χ2n) is 20.7. The molecule has 0 bridgehead atoms. The van der Waals surface area contributed by atoms with Gasteiger partial charge in [0.05, 0.1) is 54.9 Å². The summed E-state index contributed by atoms with van der Waals surface area (Å²) in [6.07, 6.45) is 5.51. The van der Waals surface area contributed by atoms with Gasteiger partial charge in [0.1, 0.15) is 11.5 Å². The van der Waals surface area contributed by atoms with Crippen LogP contribution in [-0.2, 0) is 49.2 Å². The first-order chi connectivity index (χ1) is 30.7. The summed E-state index contributed by atoms with van der Waals surface area (Å²) in [6.45, 7) is 19.5. The Labute approximate surface area is 416 Å². The molecule has 5 aliphatic heterocycles. The SMILES string of the molecule is CC[C@@H](C(=O)[C@@H](C)[C@@H](O)[C@H](C)[C@@H]1O[C@@H]([C@@H](CC)C(=O)[O-])CC[C@@H]1C)[C@H]1O[C@]2(C=C[C@@H](OC(=O)CCc3ccc(OC)cc3)[C@]3(CC[C@@](C)([C@H]4CC[C@](O)(CC)[C@H](C)O4)O3)O2)[C@H](C)C[C@@H]1C.[Na+]. The Bertz CT molecular complexity index is 1830. The number of aliphatic hydroxyl groups excluding tert-OH is 1. The minimum atomic E-state index is -1.45. The number of carbonyl (C=O) groups is 3. The van der Waals surface area contributed by atoms with Crippen LogP contribution in [0.2, 0.25) is 0 Å². The molecule has 1 aromatic carbocycles. The number of carboxylic acids is 1. The fourth-order valence-corrected chi connectivity index (χ4v) is 11.8. The van der Waals surface area contributed by atoms with Gasteiger partial charge in [-0.05, 0) is 120 Å². The Balaban J connectivity index is 0.00000817. The summed E-state index contributed by atoms with van der Waals surface area (Å²) in [6, 6.07) is 7.58. The molecule has 18 atom stereocenters. The smallest absolute Gasteiger partial charge is 0.550 e. The zero-order chi connectivity index (χ0) is 47.6. The van der Waals surface area contributed by atoms with Gasteiger partial charge in [-0.25, -0.2) is 0 Å². The van der Waals surface area contributed by atoms with Gasteiger partial charge < -0.3 is 53.3 Å². The first-order valence-corrected chi connectivity index (χ1v) is 24.7. The van der Waals surface area contributed by atoms with Crippen molar-refractivity contribution in [3.63, 3.8) is 0 Å². The third-order valence-electron chi connectivity index (χ3n) is 16.4. The van der Waals surface area contributed by atoms with Gasteiger partial charge in [0, 0.05) is 48.4 Å². The van der Waals surface area contributed by atoms with Crippen molar-refractivity contribution in [3.05, 3.63) is 42.0 Å². The molecule has 4 fully saturated rings. The molecule has 0 aliphatic carbocycles. The van der Waals surface area contributed by atoms with Crippen molar-refractivity contribution in [1.29, 1.82) is 0 Å². The number of carbonyl (C=O) groups excluding carboxylic acids is 3. The van der Waals surface area contributed by atoms with Crippen molar-refractivity contribution in [2.24, 2.45) is 41.4 Å². The average molecular weight is 935 g/mol. The maximum absolute atomic E-state index is 14.7. The Morgan fingerprint density at radius 1 is 0.894 bits per heavy atom. The van der Waals surface area contributed by atoms with Crippen LogP contribution >= 0.6 is 0 Å². The number of aliphatic carboxylic acids is 1. The van der Waals surface area contributed by atoms with Crippen LogP contribution < -0.4 is 39.4 Å². The number of carboxylic acid groups (broad SMARTS) is 1. The van der Waals surface area contributed by atoms with E-state index in [1.165, 1.54) is 0 Å². The van der Waals surface area contributed by atoms with Gasteiger partial charge in [-0.15, -0.1) is 0 Å². The first kappa shape index (κ1) is 55.0. The Morgan fingerprint density at radius 2 is 1.58 bits per heavy atom. The van der Waals surface area contributed by atoms with Crippen LogP contribution in [0.3, 0.4) is 0 Å². The maximum atomic E-state index is 14.7. The second kappa shape index (κ2) is 22.4. The summed E-state index contributed by atoms with van der Waals surface area (Å²) in [5.74, 6) is -6.41. The zero-order valence-corrected chi connectivity index (χ0v) is 43.9. The normalized spacial score (nSPS) is 39.0. The van der Waals surface area contributed by atoms with Crippen LogP contribution in [0.15, 0.2) is 36.4 Å². The van der Waals surface area contributed by atoms with Gasteiger partial charge in [0.15, 0.2) is 11.9 Å². The summed E-state index contributed by atoms with van der Waals surface area (Å²) >= 11 is 0. The molecular weight excluding hydrogens is 856 g/mol. The Hall–Kier alpha value is -1.91. The van der Waals surface area contributed by atoms with E-state index in [0.717, 1.165) is 17.7 Å². The van der Waals surface area contributed by atoms with E-state index in [-0.39, 0.29) is 65.6 Å². The van der Waals surface area contributed by atoms with Crippen LogP contribution in [0, 0.1) is 41.4 Å². The largest absolute Gasteiger partial charge is 1.00 e. The van der Waals surface area contributed by atoms with Gasteiger partial charge in [-0.3, -0.25) is 9.59 Å². The number of ether oxygens (including phenoxy) is 7. The number of rotatable bonds is 17. The molecule has 0 radical (unpaired) electrons. The molecule has 0 saturated carbocycles. The van der Waals surface area contributed by atoms with Crippen LogP contribution in [-0.4, -0.2) is 101 Å². The molecule has 0 unspecified atom stereocenters. The molecule has 5 aliphatic rings. The molecule has 6 rings (SSSR count). The van der Waals surface area contributed by atoms with Gasteiger partial charge in [-0.2, -0.15) is 0 Å². The number of methoxy groups -OCH3 is 1. The second-order valence-corrected chi connectivity index (χ2v) is 20.7. The van der Waals surface area contributed by atoms with E-state index in [1.54, 1.807) is 14.0 Å². The minimum absolute atomic E-state index is 0. The number of hydrogen-bond acceptors (Lipinski definition) is 13. The third kappa shape index (κ3) is 11.3. The number of hydrogen-bond donors (Lipinski definition) is 2. The number of Topliss-reactive ketones (excluding diaryl/α,β-unsaturated/α-hetero) is 1. The topological polar surface area (TPSA) is 179 Å². The number of benzene rings is 1. The van der Waals surface area contributed by atoms with Gasteiger partial charge >= 0.3 is 35.5 Å². The fourth-order valence-electron chi connectivity index (χ4n) is 11.8. The average Bonchev–Trinajstić information content (AvgIpc) is 3.63. The number of aryl methyl sites for hydroxylation is 1. The van der Waals surface area contributed by atoms with E-state index < -0.39 is 95.0 Å². The molecule has 66 heavy (non-hydrogen) atoms. The van der Waals surface area contributed by atoms with Crippen molar-refractivity contribution >= 4 is 17.7 Å². The van der Waals surface area contributed by atoms with E-state index in [4.69, 9.17) is 33.2 Å². The van der Waals surface area contributed by atoms with Crippen LogP contribution in [0.1, 0.15) is 145 Å². The van der Waals surface area contributed by atoms with Crippen molar-refractivity contribution in [2.45, 2.75) is 212 Å². The van der Waals surface area contributed by atoms with Gasteiger partial charge in [0.25, 0.3) is 0 Å². The summed E-state index contributed by atoms with van der Waals surface area (Å²) in [5.41, 5.74) is -0.810. The monoisotopic (exact) mass is 935 g/mol. The van der Waals surface area contributed by atoms with Crippen LogP contribution in [0.4, 0.5) is 0 Å².